The first kappa shape index (κ1) is 50.0. The number of methoxy groups -OCH3 is 1. The Hall–Kier alpha value is -6.95. The summed E-state index contributed by atoms with van der Waals surface area (Å²) < 4.78 is 19.0. The molecule has 0 radical (unpaired) electrons. The Bertz CT molecular complexity index is 2940. The van der Waals surface area contributed by atoms with Crippen molar-refractivity contribution in [3.05, 3.63) is 141 Å². The number of Topliss-reactive ketones (excluding diaryl/α,β-unsaturated/α-hetero) is 1. The van der Waals surface area contributed by atoms with Gasteiger partial charge in [-0.3, -0.25) is 24.0 Å². The zero-order valence-corrected chi connectivity index (χ0v) is 43.0. The van der Waals surface area contributed by atoms with E-state index in [4.69, 9.17) is 14.2 Å². The fourth-order valence-corrected chi connectivity index (χ4v) is 10.9. The molecule has 0 aromatic heterocycles. The van der Waals surface area contributed by atoms with Gasteiger partial charge in [0.2, 0.25) is 11.8 Å². The number of carbonyl (C=O) groups excluding carboxylic acids is 5. The van der Waals surface area contributed by atoms with Crippen molar-refractivity contribution in [2.75, 3.05) is 22.2 Å². The molecule has 376 valence electrons. The molecule has 4 atom stereocenters. The van der Waals surface area contributed by atoms with Gasteiger partial charge in [-0.05, 0) is 157 Å². The Kier molecular flexibility index (Phi) is 14.3. The minimum Gasteiger partial charge on any atom is -0.493 e. The van der Waals surface area contributed by atoms with Gasteiger partial charge in [0.05, 0.1) is 13.2 Å². The van der Waals surface area contributed by atoms with Crippen molar-refractivity contribution in [1.82, 2.24) is 5.32 Å². The molecule has 4 aliphatic heterocycles. The predicted octanol–water partition coefficient (Wildman–Crippen LogP) is 10.7. The number of hydrogen-bond donors (Lipinski definition) is 2. The van der Waals surface area contributed by atoms with Gasteiger partial charge in [0.1, 0.15) is 19.0 Å². The quantitative estimate of drug-likeness (QED) is 0.0995. The van der Waals surface area contributed by atoms with Crippen molar-refractivity contribution in [3.63, 3.8) is 0 Å². The summed E-state index contributed by atoms with van der Waals surface area (Å²) in [6.45, 7) is 13.9. The molecule has 9 rings (SSSR count). The Morgan fingerprint density at radius 2 is 1.24 bits per heavy atom. The first-order valence-corrected chi connectivity index (χ1v) is 25.6. The second-order valence-corrected chi connectivity index (χ2v) is 21.9. The van der Waals surface area contributed by atoms with Crippen LogP contribution in [0, 0.1) is 24.2 Å². The van der Waals surface area contributed by atoms with E-state index in [-0.39, 0.29) is 72.5 Å². The molecular weight excluding hydrogens is 905 g/mol. The number of hydrogen-bond acceptors (Lipinski definition) is 8. The lowest BCUT2D eigenvalue weighted by molar-refractivity contribution is -0.131. The number of carbonyl (C=O) groups is 5. The van der Waals surface area contributed by atoms with Crippen molar-refractivity contribution in [3.8, 4) is 17.2 Å². The standard InChI is InChI=1S/C60H68N4O8/c1-35(2)56(62-55(66)21-22-60(5,6)7)51(65)24-37(4)57(67)61-44-26-38(33-71-52-30-40-17-19-45-28-42-13-9-11-15-49(42)63(45)58(68)47(40)23-36(52)3)25-39(27-44)34-72-54-31-41-18-20-46-29-43-14-10-12-16-50(43)64(46)59(69)48(41)32-53(54)70-8/h9-16,23,25-27,30-32,35,37,45-46,56H,17-22,24,28-29,33-34H2,1-8H3,(H,61,67)(H,62,66)/t37-,45-,46-,56+/m1/s1. The smallest absolute Gasteiger partial charge is 0.258 e. The SMILES string of the molecule is COc1cc2c(cc1OCc1cc(COc3cc4c(cc3C)C(=O)N3c5ccccc5C[C@H]3CC4)cc(NC(=O)[C@H](C)CC(=O)[C@@H](NC(=O)CCC(C)(C)C)C(C)C)c1)CC[C@@H]1Cc3ccccc3N1C2=O. The molecule has 4 heterocycles. The normalized spacial score (nSPS) is 17.6. The molecule has 2 N–H and O–H groups in total. The summed E-state index contributed by atoms with van der Waals surface area (Å²) in [4.78, 5) is 72.7. The number of rotatable bonds is 16. The molecule has 0 unspecified atom stereocenters. The lowest BCUT2D eigenvalue weighted by Gasteiger charge is -2.24. The van der Waals surface area contributed by atoms with Gasteiger partial charge in [-0.15, -0.1) is 0 Å². The zero-order valence-electron chi connectivity index (χ0n) is 43.0. The third kappa shape index (κ3) is 10.6. The Balaban J connectivity index is 0.946. The highest BCUT2D eigenvalue weighted by Crippen LogP contribution is 2.42. The van der Waals surface area contributed by atoms with Crippen LogP contribution in [0.25, 0.3) is 0 Å². The van der Waals surface area contributed by atoms with Crippen LogP contribution in [0.1, 0.15) is 133 Å². The van der Waals surface area contributed by atoms with Crippen molar-refractivity contribution in [2.45, 2.75) is 138 Å². The van der Waals surface area contributed by atoms with Crippen LogP contribution in [0.5, 0.6) is 17.2 Å². The number of nitrogens with zero attached hydrogens (tertiary/aromatic N) is 2. The number of ketones is 1. The Morgan fingerprint density at radius 1 is 0.694 bits per heavy atom. The minimum absolute atomic E-state index is 0.0144. The number of benzene rings is 5. The first-order chi connectivity index (χ1) is 34.4. The number of para-hydroxylation sites is 2. The maximum Gasteiger partial charge on any atom is 0.258 e. The van der Waals surface area contributed by atoms with Gasteiger partial charge in [0, 0.05) is 59.0 Å². The summed E-state index contributed by atoms with van der Waals surface area (Å²) in [6.07, 6.45) is 5.71. The third-order valence-corrected chi connectivity index (χ3v) is 14.8. The number of anilines is 3. The molecule has 12 nitrogen and oxygen atoms in total. The fourth-order valence-electron chi connectivity index (χ4n) is 10.9. The van der Waals surface area contributed by atoms with Crippen molar-refractivity contribution >= 4 is 46.5 Å². The second kappa shape index (κ2) is 20.6. The molecule has 4 aliphatic rings. The number of ether oxygens (including phenoxy) is 3. The summed E-state index contributed by atoms with van der Waals surface area (Å²) in [7, 11) is 1.56. The summed E-state index contributed by atoms with van der Waals surface area (Å²) in [5.74, 6) is 0.000515. The molecule has 72 heavy (non-hydrogen) atoms. The van der Waals surface area contributed by atoms with Crippen LogP contribution >= 0.6 is 0 Å². The fraction of sp³-hybridized carbons (Fsp3) is 0.417. The van der Waals surface area contributed by atoms with E-state index in [2.05, 4.69) is 43.5 Å². The van der Waals surface area contributed by atoms with Crippen LogP contribution in [-0.4, -0.2) is 54.6 Å². The second-order valence-electron chi connectivity index (χ2n) is 21.9. The van der Waals surface area contributed by atoms with Crippen molar-refractivity contribution in [2.24, 2.45) is 17.3 Å². The molecule has 5 aromatic rings. The average molecular weight is 973 g/mol. The molecule has 0 spiro atoms. The van der Waals surface area contributed by atoms with E-state index < -0.39 is 12.0 Å². The highest BCUT2D eigenvalue weighted by atomic mass is 16.5. The highest BCUT2D eigenvalue weighted by Gasteiger charge is 2.39. The Morgan fingerprint density at radius 3 is 1.79 bits per heavy atom. The molecular formula is C60H68N4O8. The zero-order chi connectivity index (χ0) is 51.0. The van der Waals surface area contributed by atoms with Crippen LogP contribution in [0.2, 0.25) is 0 Å². The van der Waals surface area contributed by atoms with E-state index in [1.807, 2.05) is 103 Å². The number of amides is 4. The summed E-state index contributed by atoms with van der Waals surface area (Å²) in [5.41, 5.74) is 10.3. The molecule has 0 saturated heterocycles. The molecule has 0 aliphatic carbocycles. The van der Waals surface area contributed by atoms with E-state index in [1.54, 1.807) is 20.1 Å². The number of nitrogens with one attached hydrogen (secondary N) is 2. The third-order valence-electron chi connectivity index (χ3n) is 14.8. The number of fused-ring (bicyclic) bond motifs is 8. The summed E-state index contributed by atoms with van der Waals surface area (Å²) >= 11 is 0. The van der Waals surface area contributed by atoms with Gasteiger partial charge in [-0.2, -0.15) is 0 Å². The monoisotopic (exact) mass is 973 g/mol. The minimum atomic E-state index is -0.711. The van der Waals surface area contributed by atoms with Gasteiger partial charge in [-0.1, -0.05) is 77.9 Å². The highest BCUT2D eigenvalue weighted by molar-refractivity contribution is 6.10. The first-order valence-electron chi connectivity index (χ1n) is 25.6. The van der Waals surface area contributed by atoms with Crippen LogP contribution < -0.4 is 34.6 Å². The van der Waals surface area contributed by atoms with Gasteiger partial charge < -0.3 is 34.6 Å². The van der Waals surface area contributed by atoms with Gasteiger partial charge in [0.25, 0.3) is 11.8 Å². The molecule has 0 bridgehead atoms. The number of aryl methyl sites for hydroxylation is 3. The van der Waals surface area contributed by atoms with E-state index in [1.165, 1.54) is 11.1 Å². The lowest BCUT2D eigenvalue weighted by atomic mass is 9.89. The van der Waals surface area contributed by atoms with Gasteiger partial charge in [0.15, 0.2) is 17.3 Å². The van der Waals surface area contributed by atoms with E-state index >= 15 is 0 Å². The maximum absolute atomic E-state index is 14.2. The van der Waals surface area contributed by atoms with Gasteiger partial charge in [-0.25, -0.2) is 0 Å². The Labute approximate surface area is 423 Å². The van der Waals surface area contributed by atoms with E-state index in [0.29, 0.717) is 53.3 Å². The van der Waals surface area contributed by atoms with Gasteiger partial charge >= 0.3 is 0 Å². The summed E-state index contributed by atoms with van der Waals surface area (Å²) in [6, 6.07) is 29.1. The van der Waals surface area contributed by atoms with Crippen molar-refractivity contribution < 1.29 is 38.2 Å². The van der Waals surface area contributed by atoms with Crippen LogP contribution in [0.4, 0.5) is 17.1 Å². The maximum atomic E-state index is 14.2. The lowest BCUT2D eigenvalue weighted by Crippen LogP contribution is -2.45. The van der Waals surface area contributed by atoms with E-state index in [0.717, 1.165) is 71.3 Å². The van der Waals surface area contributed by atoms with Crippen LogP contribution in [-0.2, 0) is 53.3 Å². The molecule has 5 aromatic carbocycles. The topological polar surface area (TPSA) is 144 Å². The predicted molar refractivity (Wildman–Crippen MR) is 280 cm³/mol. The van der Waals surface area contributed by atoms with Crippen molar-refractivity contribution in [1.29, 1.82) is 0 Å². The molecule has 12 heteroatoms. The van der Waals surface area contributed by atoms with E-state index in [9.17, 15) is 24.0 Å². The molecule has 0 saturated carbocycles. The van der Waals surface area contributed by atoms with Crippen LogP contribution in [0.15, 0.2) is 91.0 Å². The average Bonchev–Trinajstić information content (AvgIpc) is 3.84. The van der Waals surface area contributed by atoms with Crippen LogP contribution in [0.3, 0.4) is 0 Å². The summed E-state index contributed by atoms with van der Waals surface area (Å²) in [5, 5.41) is 6.00. The molecule has 0 fully saturated rings. The largest absolute Gasteiger partial charge is 0.493 e. The molecule has 4 amide bonds.